The fourth-order valence-corrected chi connectivity index (χ4v) is 3.58. The van der Waals surface area contributed by atoms with Gasteiger partial charge in [-0.15, -0.1) is 0 Å². The van der Waals surface area contributed by atoms with Crippen molar-refractivity contribution < 1.29 is 14.3 Å². The van der Waals surface area contributed by atoms with Gasteiger partial charge < -0.3 is 19.7 Å². The van der Waals surface area contributed by atoms with Crippen molar-refractivity contribution in [3.63, 3.8) is 0 Å². The summed E-state index contributed by atoms with van der Waals surface area (Å²) in [5.74, 6) is 0.781. The monoisotopic (exact) mass is 396 g/mol. The van der Waals surface area contributed by atoms with Gasteiger partial charge in [0, 0.05) is 45.5 Å². The van der Waals surface area contributed by atoms with Gasteiger partial charge in [0.25, 0.3) is 5.91 Å². The number of piperidine rings is 1. The second-order valence-corrected chi connectivity index (χ2v) is 7.52. The third-order valence-electron chi connectivity index (χ3n) is 5.32. The highest BCUT2D eigenvalue weighted by molar-refractivity contribution is 5.94. The molecule has 0 atom stereocenters. The predicted octanol–water partition coefficient (Wildman–Crippen LogP) is 3.54. The van der Waals surface area contributed by atoms with Crippen LogP contribution in [0.1, 0.15) is 35.2 Å². The van der Waals surface area contributed by atoms with Gasteiger partial charge in [-0.1, -0.05) is 30.3 Å². The molecule has 1 fully saturated rings. The number of hydrogen-bond donors (Lipinski definition) is 1. The van der Waals surface area contributed by atoms with E-state index in [1.807, 2.05) is 24.3 Å². The molecule has 0 aromatic heterocycles. The normalized spacial score (nSPS) is 15.2. The molecule has 2 aromatic rings. The standard InChI is InChI=1S/C24H32N2O3/c1-28-19-5-15-25-24(27)21-8-10-22(11-9-21)29-23-13-17-26(18-14-23)16-12-20-6-3-2-4-7-20/h2-4,6-11,23H,5,12-19H2,1H3,(H,25,27). The zero-order valence-corrected chi connectivity index (χ0v) is 17.3. The molecule has 0 unspecified atom stereocenters. The van der Waals surface area contributed by atoms with E-state index in [4.69, 9.17) is 9.47 Å². The predicted molar refractivity (Wildman–Crippen MR) is 116 cm³/mol. The molecule has 1 N–H and O–H groups in total. The van der Waals surface area contributed by atoms with Crippen LogP contribution in [0.3, 0.4) is 0 Å². The molecule has 1 amide bonds. The Hall–Kier alpha value is -2.37. The number of ether oxygens (including phenoxy) is 2. The summed E-state index contributed by atoms with van der Waals surface area (Å²) < 4.78 is 11.1. The first-order valence-electron chi connectivity index (χ1n) is 10.5. The second kappa shape index (κ2) is 11.6. The van der Waals surface area contributed by atoms with Gasteiger partial charge in [0.05, 0.1) is 0 Å². The Morgan fingerprint density at radius 2 is 1.79 bits per heavy atom. The third kappa shape index (κ3) is 7.18. The fourth-order valence-electron chi connectivity index (χ4n) is 3.58. The van der Waals surface area contributed by atoms with Gasteiger partial charge in [0.1, 0.15) is 11.9 Å². The van der Waals surface area contributed by atoms with E-state index in [0.717, 1.165) is 51.1 Å². The maximum absolute atomic E-state index is 12.1. The molecular weight excluding hydrogens is 364 g/mol. The lowest BCUT2D eigenvalue weighted by Crippen LogP contribution is -2.39. The first kappa shape index (κ1) is 21.3. The number of benzene rings is 2. The van der Waals surface area contributed by atoms with Gasteiger partial charge in [-0.25, -0.2) is 0 Å². The number of hydrogen-bond acceptors (Lipinski definition) is 4. The number of methoxy groups -OCH3 is 1. The SMILES string of the molecule is COCCCNC(=O)c1ccc(OC2CCN(CCc3ccccc3)CC2)cc1. The van der Waals surface area contributed by atoms with Crippen LogP contribution in [0.2, 0.25) is 0 Å². The Bertz CT molecular complexity index is 726. The minimum Gasteiger partial charge on any atom is -0.490 e. The molecule has 5 nitrogen and oxygen atoms in total. The van der Waals surface area contributed by atoms with E-state index in [2.05, 4.69) is 40.5 Å². The van der Waals surface area contributed by atoms with Crippen LogP contribution < -0.4 is 10.1 Å². The first-order chi connectivity index (χ1) is 14.2. The summed E-state index contributed by atoms with van der Waals surface area (Å²) in [7, 11) is 1.66. The van der Waals surface area contributed by atoms with Gasteiger partial charge in [0.15, 0.2) is 0 Å². The molecule has 5 heteroatoms. The number of nitrogens with one attached hydrogen (secondary N) is 1. The summed E-state index contributed by atoms with van der Waals surface area (Å²) in [6.45, 7) is 4.51. The summed E-state index contributed by atoms with van der Waals surface area (Å²) in [6.07, 6.45) is 4.23. The van der Waals surface area contributed by atoms with Crippen molar-refractivity contribution in [3.8, 4) is 5.75 Å². The number of amides is 1. The van der Waals surface area contributed by atoms with E-state index >= 15 is 0 Å². The van der Waals surface area contributed by atoms with Crippen molar-refractivity contribution in [1.82, 2.24) is 10.2 Å². The lowest BCUT2D eigenvalue weighted by molar-refractivity contribution is 0.0948. The Morgan fingerprint density at radius 3 is 2.48 bits per heavy atom. The van der Waals surface area contributed by atoms with Crippen LogP contribution >= 0.6 is 0 Å². The van der Waals surface area contributed by atoms with Gasteiger partial charge in [-0.05, 0) is 55.5 Å². The van der Waals surface area contributed by atoms with Crippen LogP contribution in [-0.4, -0.2) is 56.8 Å². The molecule has 1 aliphatic rings. The molecular formula is C24H32N2O3. The highest BCUT2D eigenvalue weighted by atomic mass is 16.5. The summed E-state index contributed by atoms with van der Waals surface area (Å²) in [5.41, 5.74) is 2.05. The quantitative estimate of drug-likeness (QED) is 0.624. The minimum absolute atomic E-state index is 0.0561. The Labute approximate surface area is 174 Å². The number of likely N-dealkylation sites (tertiary alicyclic amines) is 1. The molecule has 0 radical (unpaired) electrons. The average molecular weight is 397 g/mol. The summed E-state index contributed by atoms with van der Waals surface area (Å²) in [6, 6.07) is 18.1. The third-order valence-corrected chi connectivity index (χ3v) is 5.32. The van der Waals surface area contributed by atoms with E-state index in [1.54, 1.807) is 7.11 Å². The Morgan fingerprint density at radius 1 is 1.07 bits per heavy atom. The largest absolute Gasteiger partial charge is 0.490 e. The van der Waals surface area contributed by atoms with Crippen molar-refractivity contribution >= 4 is 5.91 Å². The van der Waals surface area contributed by atoms with E-state index in [-0.39, 0.29) is 12.0 Å². The fraction of sp³-hybridized carbons (Fsp3) is 0.458. The minimum atomic E-state index is -0.0561. The van der Waals surface area contributed by atoms with Gasteiger partial charge >= 0.3 is 0 Å². The highest BCUT2D eigenvalue weighted by Gasteiger charge is 2.20. The molecule has 3 rings (SSSR count). The van der Waals surface area contributed by atoms with Crippen molar-refractivity contribution in [2.45, 2.75) is 31.8 Å². The van der Waals surface area contributed by atoms with Gasteiger partial charge in [0.2, 0.25) is 0 Å². The van der Waals surface area contributed by atoms with Gasteiger partial charge in [-0.3, -0.25) is 4.79 Å². The number of rotatable bonds is 10. The first-order valence-corrected chi connectivity index (χ1v) is 10.5. The summed E-state index contributed by atoms with van der Waals surface area (Å²) >= 11 is 0. The van der Waals surface area contributed by atoms with E-state index in [0.29, 0.717) is 18.7 Å². The zero-order valence-electron chi connectivity index (χ0n) is 17.3. The highest BCUT2D eigenvalue weighted by Crippen LogP contribution is 2.20. The van der Waals surface area contributed by atoms with Crippen molar-refractivity contribution in [1.29, 1.82) is 0 Å². The van der Waals surface area contributed by atoms with Crippen LogP contribution in [0.5, 0.6) is 5.75 Å². The second-order valence-electron chi connectivity index (χ2n) is 7.52. The Kier molecular flexibility index (Phi) is 8.53. The molecule has 0 saturated carbocycles. The lowest BCUT2D eigenvalue weighted by atomic mass is 10.1. The van der Waals surface area contributed by atoms with E-state index in [9.17, 15) is 4.79 Å². The summed E-state index contributed by atoms with van der Waals surface area (Å²) in [5, 5.41) is 2.90. The van der Waals surface area contributed by atoms with Crippen molar-refractivity contribution in [2.75, 3.05) is 39.9 Å². The average Bonchev–Trinajstić information content (AvgIpc) is 2.77. The summed E-state index contributed by atoms with van der Waals surface area (Å²) in [4.78, 5) is 14.6. The molecule has 0 bridgehead atoms. The molecule has 1 aliphatic heterocycles. The van der Waals surface area contributed by atoms with Gasteiger partial charge in [-0.2, -0.15) is 0 Å². The van der Waals surface area contributed by atoms with E-state index < -0.39 is 0 Å². The van der Waals surface area contributed by atoms with Crippen LogP contribution in [-0.2, 0) is 11.2 Å². The van der Waals surface area contributed by atoms with Crippen LogP contribution in [0.25, 0.3) is 0 Å². The topological polar surface area (TPSA) is 50.8 Å². The molecule has 1 heterocycles. The Balaban J connectivity index is 1.37. The molecule has 29 heavy (non-hydrogen) atoms. The molecule has 0 spiro atoms. The maximum atomic E-state index is 12.1. The molecule has 156 valence electrons. The van der Waals surface area contributed by atoms with Crippen molar-refractivity contribution in [2.24, 2.45) is 0 Å². The van der Waals surface area contributed by atoms with Crippen LogP contribution in [0, 0.1) is 0 Å². The number of carbonyl (C=O) groups is 1. The molecule has 1 saturated heterocycles. The van der Waals surface area contributed by atoms with E-state index in [1.165, 1.54) is 5.56 Å². The maximum Gasteiger partial charge on any atom is 0.251 e. The smallest absolute Gasteiger partial charge is 0.251 e. The number of carbonyl (C=O) groups excluding carboxylic acids is 1. The molecule has 2 aromatic carbocycles. The molecule has 0 aliphatic carbocycles. The number of nitrogens with zero attached hydrogens (tertiary/aromatic N) is 1. The van der Waals surface area contributed by atoms with Crippen LogP contribution in [0.4, 0.5) is 0 Å². The lowest BCUT2D eigenvalue weighted by Gasteiger charge is -2.32. The van der Waals surface area contributed by atoms with Crippen LogP contribution in [0.15, 0.2) is 54.6 Å². The zero-order chi connectivity index (χ0) is 20.3. The van der Waals surface area contributed by atoms with Crippen molar-refractivity contribution in [3.05, 3.63) is 65.7 Å².